The first-order valence-corrected chi connectivity index (χ1v) is 8.20. The van der Waals surface area contributed by atoms with Crippen LogP contribution in [0.3, 0.4) is 0 Å². The third-order valence-electron chi connectivity index (χ3n) is 3.27. The van der Waals surface area contributed by atoms with Crippen LogP contribution < -0.4 is 5.32 Å². The molecule has 0 aliphatic heterocycles. The highest BCUT2D eigenvalue weighted by molar-refractivity contribution is 7.16. The van der Waals surface area contributed by atoms with Gasteiger partial charge in [0.15, 0.2) is 0 Å². The molecule has 0 radical (unpaired) electrons. The minimum absolute atomic E-state index is 0.00827. The van der Waals surface area contributed by atoms with E-state index in [9.17, 15) is 8.78 Å². The van der Waals surface area contributed by atoms with Crippen LogP contribution in [0, 0.1) is 11.6 Å². The minimum atomic E-state index is -0.484. The molecule has 0 amide bonds. The van der Waals surface area contributed by atoms with Gasteiger partial charge in [-0.15, -0.1) is 11.3 Å². The molecule has 114 valence electrons. The molecule has 0 fully saturated rings. The molecule has 0 saturated heterocycles. The second kappa shape index (κ2) is 7.87. The summed E-state index contributed by atoms with van der Waals surface area (Å²) in [4.78, 5) is 1.12. The summed E-state index contributed by atoms with van der Waals surface area (Å²) in [6.07, 6.45) is 2.01. The molecule has 1 aromatic carbocycles. The molecular formula is C16H18ClF2NS. The quantitative estimate of drug-likeness (QED) is 0.767. The Balaban J connectivity index is 2.12. The van der Waals surface area contributed by atoms with E-state index in [1.807, 2.05) is 12.1 Å². The molecule has 2 aromatic rings. The highest BCUT2D eigenvalue weighted by atomic mass is 35.5. The Labute approximate surface area is 133 Å². The molecule has 0 bridgehead atoms. The van der Waals surface area contributed by atoms with Gasteiger partial charge in [0, 0.05) is 16.5 Å². The van der Waals surface area contributed by atoms with Crippen molar-refractivity contribution in [2.24, 2.45) is 0 Å². The van der Waals surface area contributed by atoms with E-state index >= 15 is 0 Å². The highest BCUT2D eigenvalue weighted by Crippen LogP contribution is 2.24. The van der Waals surface area contributed by atoms with Gasteiger partial charge < -0.3 is 5.32 Å². The fourth-order valence-corrected chi connectivity index (χ4v) is 3.41. The van der Waals surface area contributed by atoms with Crippen LogP contribution in [0.15, 0.2) is 30.3 Å². The average Bonchev–Trinajstić information content (AvgIpc) is 2.85. The molecule has 0 aliphatic carbocycles. The van der Waals surface area contributed by atoms with Gasteiger partial charge >= 0.3 is 0 Å². The van der Waals surface area contributed by atoms with Crippen molar-refractivity contribution in [1.82, 2.24) is 5.32 Å². The zero-order valence-corrected chi connectivity index (χ0v) is 13.4. The largest absolute Gasteiger partial charge is 0.313 e. The van der Waals surface area contributed by atoms with Crippen LogP contribution >= 0.6 is 22.9 Å². The van der Waals surface area contributed by atoms with Crippen molar-refractivity contribution in [3.8, 4) is 0 Å². The molecule has 1 N–H and O–H groups in total. The van der Waals surface area contributed by atoms with Crippen molar-refractivity contribution in [2.45, 2.75) is 32.2 Å². The Kier molecular flexibility index (Phi) is 6.15. The van der Waals surface area contributed by atoms with Crippen molar-refractivity contribution >= 4 is 22.9 Å². The number of thiophene rings is 1. The number of benzene rings is 1. The van der Waals surface area contributed by atoms with E-state index in [0.29, 0.717) is 12.8 Å². The fourth-order valence-electron chi connectivity index (χ4n) is 2.24. The van der Waals surface area contributed by atoms with E-state index < -0.39 is 11.6 Å². The van der Waals surface area contributed by atoms with Crippen molar-refractivity contribution in [2.75, 3.05) is 6.54 Å². The van der Waals surface area contributed by atoms with Crippen LogP contribution in [0.1, 0.15) is 23.8 Å². The maximum atomic E-state index is 13.8. The maximum Gasteiger partial charge on any atom is 0.129 e. The van der Waals surface area contributed by atoms with Crippen LogP contribution in [0.2, 0.25) is 4.34 Å². The second-order valence-electron chi connectivity index (χ2n) is 4.97. The Morgan fingerprint density at radius 1 is 1.14 bits per heavy atom. The van der Waals surface area contributed by atoms with E-state index in [4.69, 9.17) is 11.6 Å². The first-order valence-electron chi connectivity index (χ1n) is 7.00. The summed E-state index contributed by atoms with van der Waals surface area (Å²) in [7, 11) is 0. The van der Waals surface area contributed by atoms with Gasteiger partial charge in [-0.05, 0) is 50.1 Å². The number of halogens is 3. The third kappa shape index (κ3) is 4.77. The SMILES string of the molecule is CCCNC(Cc1ccc(Cl)s1)Cc1c(F)cccc1F. The standard InChI is InChI=1S/C16H18ClF2NS/c1-2-8-20-11(9-12-6-7-16(17)21-12)10-13-14(18)4-3-5-15(13)19/h3-7,11,20H,2,8-10H2,1H3. The lowest BCUT2D eigenvalue weighted by Crippen LogP contribution is -2.34. The van der Waals surface area contributed by atoms with Crippen molar-refractivity contribution in [3.63, 3.8) is 0 Å². The van der Waals surface area contributed by atoms with Crippen molar-refractivity contribution < 1.29 is 8.78 Å². The monoisotopic (exact) mass is 329 g/mol. The molecule has 1 unspecified atom stereocenters. The summed E-state index contributed by atoms with van der Waals surface area (Å²) in [5.74, 6) is -0.968. The molecule has 5 heteroatoms. The van der Waals surface area contributed by atoms with Crippen LogP contribution in [0.4, 0.5) is 8.78 Å². The summed E-state index contributed by atoms with van der Waals surface area (Å²) in [6.45, 7) is 2.88. The predicted molar refractivity (Wildman–Crippen MR) is 85.2 cm³/mol. The Bertz CT molecular complexity index is 565. The van der Waals surface area contributed by atoms with Crippen LogP contribution in [-0.4, -0.2) is 12.6 Å². The fraction of sp³-hybridized carbons (Fsp3) is 0.375. The number of hydrogen-bond acceptors (Lipinski definition) is 2. The van der Waals surface area contributed by atoms with Crippen LogP contribution in [0.25, 0.3) is 0 Å². The van der Waals surface area contributed by atoms with E-state index in [-0.39, 0.29) is 11.6 Å². The number of nitrogens with one attached hydrogen (secondary N) is 1. The van der Waals surface area contributed by atoms with Gasteiger partial charge in [0.1, 0.15) is 11.6 Å². The lowest BCUT2D eigenvalue weighted by atomic mass is 10.0. The topological polar surface area (TPSA) is 12.0 Å². The third-order valence-corrected chi connectivity index (χ3v) is 4.53. The zero-order chi connectivity index (χ0) is 15.2. The molecule has 0 aliphatic rings. The lowest BCUT2D eigenvalue weighted by Gasteiger charge is -2.18. The van der Waals surface area contributed by atoms with E-state index in [2.05, 4.69) is 12.2 Å². The Morgan fingerprint density at radius 2 is 1.86 bits per heavy atom. The molecule has 2 rings (SSSR count). The minimum Gasteiger partial charge on any atom is -0.313 e. The molecular weight excluding hydrogens is 312 g/mol. The molecule has 1 aromatic heterocycles. The Morgan fingerprint density at radius 3 is 2.43 bits per heavy atom. The summed E-state index contributed by atoms with van der Waals surface area (Å²) >= 11 is 7.44. The van der Waals surface area contributed by atoms with E-state index in [1.54, 1.807) is 0 Å². The van der Waals surface area contributed by atoms with Gasteiger partial charge in [-0.2, -0.15) is 0 Å². The zero-order valence-electron chi connectivity index (χ0n) is 11.8. The molecule has 21 heavy (non-hydrogen) atoms. The van der Waals surface area contributed by atoms with Gasteiger partial charge in [-0.25, -0.2) is 8.78 Å². The van der Waals surface area contributed by atoms with Crippen LogP contribution in [-0.2, 0) is 12.8 Å². The van der Waals surface area contributed by atoms with E-state index in [1.165, 1.54) is 29.5 Å². The normalized spacial score (nSPS) is 12.6. The summed E-state index contributed by atoms with van der Waals surface area (Å²) in [5, 5.41) is 3.36. The van der Waals surface area contributed by atoms with Gasteiger partial charge in [-0.1, -0.05) is 24.6 Å². The average molecular weight is 330 g/mol. The van der Waals surface area contributed by atoms with Crippen molar-refractivity contribution in [3.05, 3.63) is 56.7 Å². The van der Waals surface area contributed by atoms with Crippen LogP contribution in [0.5, 0.6) is 0 Å². The molecule has 1 atom stereocenters. The molecule has 0 spiro atoms. The van der Waals surface area contributed by atoms with Gasteiger partial charge in [0.2, 0.25) is 0 Å². The maximum absolute atomic E-state index is 13.8. The smallest absolute Gasteiger partial charge is 0.129 e. The summed E-state index contributed by atoms with van der Waals surface area (Å²) in [6, 6.07) is 7.80. The number of rotatable bonds is 7. The lowest BCUT2D eigenvalue weighted by molar-refractivity contribution is 0.476. The van der Waals surface area contributed by atoms with E-state index in [0.717, 1.165) is 22.2 Å². The molecule has 1 heterocycles. The van der Waals surface area contributed by atoms with Gasteiger partial charge in [-0.3, -0.25) is 0 Å². The second-order valence-corrected chi connectivity index (χ2v) is 6.76. The summed E-state index contributed by atoms with van der Waals surface area (Å²) in [5.41, 5.74) is 0.147. The molecule has 0 saturated carbocycles. The van der Waals surface area contributed by atoms with Crippen molar-refractivity contribution in [1.29, 1.82) is 0 Å². The first kappa shape index (κ1) is 16.4. The Hall–Kier alpha value is -0.970. The number of hydrogen-bond donors (Lipinski definition) is 1. The predicted octanol–water partition coefficient (Wildman–Crippen LogP) is 4.83. The first-order chi connectivity index (χ1) is 10.1. The summed E-state index contributed by atoms with van der Waals surface area (Å²) < 4.78 is 28.3. The van der Waals surface area contributed by atoms with Gasteiger partial charge in [0.25, 0.3) is 0 Å². The molecule has 1 nitrogen and oxygen atoms in total. The van der Waals surface area contributed by atoms with Gasteiger partial charge in [0.05, 0.1) is 4.34 Å². The highest BCUT2D eigenvalue weighted by Gasteiger charge is 2.16.